The third-order valence-corrected chi connectivity index (χ3v) is 4.35. The second-order valence-corrected chi connectivity index (χ2v) is 5.94. The Bertz CT molecular complexity index is 216. The highest BCUT2D eigenvalue weighted by Gasteiger charge is 2.23. The lowest BCUT2D eigenvalue weighted by Gasteiger charge is -2.35. The van der Waals surface area contributed by atoms with Crippen molar-refractivity contribution >= 4 is 0 Å². The summed E-state index contributed by atoms with van der Waals surface area (Å²) in [6.45, 7) is 7.97. The lowest BCUT2D eigenvalue weighted by molar-refractivity contribution is 0.0522. The molecule has 3 atom stereocenters. The number of rotatable bonds is 4. The van der Waals surface area contributed by atoms with Gasteiger partial charge in [-0.25, -0.2) is 0 Å². The zero-order valence-electron chi connectivity index (χ0n) is 11.5. The third-order valence-electron chi connectivity index (χ3n) is 4.35. The molecule has 0 spiro atoms. The van der Waals surface area contributed by atoms with Gasteiger partial charge in [0.15, 0.2) is 0 Å². The molecular weight excluding hydrogens is 212 g/mol. The monoisotopic (exact) mass is 240 g/mol. The van der Waals surface area contributed by atoms with Crippen molar-refractivity contribution in [3.63, 3.8) is 0 Å². The second-order valence-electron chi connectivity index (χ2n) is 5.94. The van der Waals surface area contributed by atoms with E-state index < -0.39 is 0 Å². The molecule has 0 amide bonds. The SMILES string of the molecule is CC(NCC1CCCOC1)C1CCCN(C)C1. The van der Waals surface area contributed by atoms with Gasteiger partial charge >= 0.3 is 0 Å². The molecule has 100 valence electrons. The van der Waals surface area contributed by atoms with E-state index in [1.54, 1.807) is 0 Å². The van der Waals surface area contributed by atoms with E-state index in [1.165, 1.54) is 38.8 Å². The van der Waals surface area contributed by atoms with Crippen molar-refractivity contribution in [3.05, 3.63) is 0 Å². The van der Waals surface area contributed by atoms with Crippen molar-refractivity contribution in [1.82, 2.24) is 10.2 Å². The Balaban J connectivity index is 1.67. The molecular formula is C14H28N2O. The van der Waals surface area contributed by atoms with Crippen LogP contribution in [0, 0.1) is 11.8 Å². The van der Waals surface area contributed by atoms with Gasteiger partial charge in [0.25, 0.3) is 0 Å². The molecule has 0 saturated carbocycles. The van der Waals surface area contributed by atoms with Crippen LogP contribution in [0.15, 0.2) is 0 Å². The number of nitrogens with one attached hydrogen (secondary N) is 1. The predicted molar refractivity (Wildman–Crippen MR) is 71.2 cm³/mol. The van der Waals surface area contributed by atoms with Gasteiger partial charge in [0.2, 0.25) is 0 Å². The van der Waals surface area contributed by atoms with Gasteiger partial charge in [0.1, 0.15) is 0 Å². The Morgan fingerprint density at radius 2 is 2.24 bits per heavy atom. The molecule has 2 aliphatic heterocycles. The van der Waals surface area contributed by atoms with Crippen molar-refractivity contribution in [2.75, 3.05) is 39.9 Å². The Kier molecular flexibility index (Phi) is 5.26. The molecule has 17 heavy (non-hydrogen) atoms. The number of nitrogens with zero attached hydrogens (tertiary/aromatic N) is 1. The van der Waals surface area contributed by atoms with E-state index in [0.717, 1.165) is 31.6 Å². The maximum absolute atomic E-state index is 5.53. The number of ether oxygens (including phenoxy) is 1. The van der Waals surface area contributed by atoms with Crippen LogP contribution in [0.4, 0.5) is 0 Å². The van der Waals surface area contributed by atoms with Crippen LogP contribution in [0.2, 0.25) is 0 Å². The molecule has 0 aromatic heterocycles. The summed E-state index contributed by atoms with van der Waals surface area (Å²) in [5.74, 6) is 1.57. The van der Waals surface area contributed by atoms with Gasteiger partial charge in [-0.1, -0.05) is 0 Å². The molecule has 0 aliphatic carbocycles. The van der Waals surface area contributed by atoms with Crippen molar-refractivity contribution in [2.24, 2.45) is 11.8 Å². The summed E-state index contributed by atoms with van der Waals surface area (Å²) in [6.07, 6.45) is 5.33. The molecule has 3 unspecified atom stereocenters. The molecule has 3 nitrogen and oxygen atoms in total. The number of hydrogen-bond acceptors (Lipinski definition) is 3. The fraction of sp³-hybridized carbons (Fsp3) is 1.00. The van der Waals surface area contributed by atoms with E-state index in [9.17, 15) is 0 Å². The average molecular weight is 240 g/mol. The molecule has 2 heterocycles. The van der Waals surface area contributed by atoms with Crippen molar-refractivity contribution < 1.29 is 4.74 Å². The zero-order chi connectivity index (χ0) is 12.1. The fourth-order valence-electron chi connectivity index (χ4n) is 3.10. The first-order chi connectivity index (χ1) is 8.25. The first kappa shape index (κ1) is 13.3. The highest BCUT2D eigenvalue weighted by atomic mass is 16.5. The summed E-state index contributed by atoms with van der Waals surface area (Å²) >= 11 is 0. The number of likely N-dealkylation sites (tertiary alicyclic amines) is 1. The highest BCUT2D eigenvalue weighted by molar-refractivity contribution is 4.80. The standard InChI is InChI=1S/C14H28N2O/c1-12(14-6-3-7-16(2)10-14)15-9-13-5-4-8-17-11-13/h12-15H,3-11H2,1-2H3. The topological polar surface area (TPSA) is 24.5 Å². The molecule has 2 fully saturated rings. The van der Waals surface area contributed by atoms with Gasteiger partial charge in [0, 0.05) is 25.7 Å². The van der Waals surface area contributed by atoms with Crippen LogP contribution in [-0.4, -0.2) is 50.8 Å². The first-order valence-electron chi connectivity index (χ1n) is 7.25. The van der Waals surface area contributed by atoms with Gasteiger partial charge in [-0.2, -0.15) is 0 Å². The van der Waals surface area contributed by atoms with Gasteiger partial charge in [-0.15, -0.1) is 0 Å². The predicted octanol–water partition coefficient (Wildman–Crippen LogP) is 1.73. The van der Waals surface area contributed by atoms with E-state index in [1.807, 2.05) is 0 Å². The van der Waals surface area contributed by atoms with Crippen molar-refractivity contribution in [3.8, 4) is 0 Å². The Hall–Kier alpha value is -0.120. The minimum atomic E-state index is 0.652. The number of piperidine rings is 1. The maximum Gasteiger partial charge on any atom is 0.0506 e. The zero-order valence-corrected chi connectivity index (χ0v) is 11.5. The lowest BCUT2D eigenvalue weighted by atomic mass is 9.91. The van der Waals surface area contributed by atoms with Crippen LogP contribution >= 0.6 is 0 Å². The van der Waals surface area contributed by atoms with Gasteiger partial charge < -0.3 is 15.0 Å². The van der Waals surface area contributed by atoms with Crippen LogP contribution in [0.1, 0.15) is 32.6 Å². The quantitative estimate of drug-likeness (QED) is 0.810. The normalized spacial score (nSPS) is 33.5. The molecule has 0 aromatic rings. The van der Waals surface area contributed by atoms with E-state index in [4.69, 9.17) is 4.74 Å². The molecule has 2 saturated heterocycles. The molecule has 3 heteroatoms. The number of hydrogen-bond donors (Lipinski definition) is 1. The Morgan fingerprint density at radius 3 is 2.94 bits per heavy atom. The Morgan fingerprint density at radius 1 is 1.35 bits per heavy atom. The van der Waals surface area contributed by atoms with Gasteiger partial charge in [-0.05, 0) is 58.0 Å². The molecule has 0 bridgehead atoms. The minimum absolute atomic E-state index is 0.652. The molecule has 2 rings (SSSR count). The largest absolute Gasteiger partial charge is 0.381 e. The maximum atomic E-state index is 5.53. The van der Waals surface area contributed by atoms with Crippen molar-refractivity contribution in [2.45, 2.75) is 38.6 Å². The van der Waals surface area contributed by atoms with Crippen LogP contribution in [0.3, 0.4) is 0 Å². The lowest BCUT2D eigenvalue weighted by Crippen LogP contribution is -2.45. The van der Waals surface area contributed by atoms with E-state index in [0.29, 0.717) is 6.04 Å². The van der Waals surface area contributed by atoms with Crippen molar-refractivity contribution in [1.29, 1.82) is 0 Å². The van der Waals surface area contributed by atoms with Crippen LogP contribution < -0.4 is 5.32 Å². The summed E-state index contributed by atoms with van der Waals surface area (Å²) < 4.78 is 5.53. The van der Waals surface area contributed by atoms with Crippen LogP contribution in [0.25, 0.3) is 0 Å². The summed E-state index contributed by atoms with van der Waals surface area (Å²) in [5.41, 5.74) is 0. The summed E-state index contributed by atoms with van der Waals surface area (Å²) in [4.78, 5) is 2.47. The summed E-state index contributed by atoms with van der Waals surface area (Å²) in [5, 5.41) is 3.74. The van der Waals surface area contributed by atoms with Crippen LogP contribution in [0.5, 0.6) is 0 Å². The van der Waals surface area contributed by atoms with Gasteiger partial charge in [0.05, 0.1) is 6.61 Å². The van der Waals surface area contributed by atoms with E-state index >= 15 is 0 Å². The molecule has 2 aliphatic rings. The Labute approximate surface area is 106 Å². The highest BCUT2D eigenvalue weighted by Crippen LogP contribution is 2.19. The van der Waals surface area contributed by atoms with E-state index in [-0.39, 0.29) is 0 Å². The second kappa shape index (κ2) is 6.72. The van der Waals surface area contributed by atoms with E-state index in [2.05, 4.69) is 24.2 Å². The summed E-state index contributed by atoms with van der Waals surface area (Å²) in [7, 11) is 2.24. The van der Waals surface area contributed by atoms with Crippen LogP contribution in [-0.2, 0) is 4.74 Å². The summed E-state index contributed by atoms with van der Waals surface area (Å²) in [6, 6.07) is 0.652. The average Bonchev–Trinajstić information content (AvgIpc) is 2.37. The first-order valence-corrected chi connectivity index (χ1v) is 7.25. The van der Waals surface area contributed by atoms with Gasteiger partial charge in [-0.3, -0.25) is 0 Å². The smallest absolute Gasteiger partial charge is 0.0506 e. The third kappa shape index (κ3) is 4.23. The molecule has 0 radical (unpaired) electrons. The minimum Gasteiger partial charge on any atom is -0.381 e. The molecule has 0 aromatic carbocycles. The molecule has 1 N–H and O–H groups in total. The fourth-order valence-corrected chi connectivity index (χ4v) is 3.10.